The molecule has 152 valence electrons. The molecule has 1 aromatic carbocycles. The zero-order valence-corrected chi connectivity index (χ0v) is 17.7. The second-order valence-electron chi connectivity index (χ2n) is 7.13. The van der Waals surface area contributed by atoms with E-state index in [1.807, 2.05) is 39.8 Å². The number of anilines is 1. The van der Waals surface area contributed by atoms with Crippen molar-refractivity contribution in [2.75, 3.05) is 11.9 Å². The molecule has 0 aliphatic rings. The molecule has 0 unspecified atom stereocenters. The predicted molar refractivity (Wildman–Crippen MR) is 113 cm³/mol. The van der Waals surface area contributed by atoms with E-state index in [9.17, 15) is 9.59 Å². The van der Waals surface area contributed by atoms with Crippen LogP contribution in [-0.2, 0) is 16.0 Å². The summed E-state index contributed by atoms with van der Waals surface area (Å²) >= 11 is 6.11. The lowest BCUT2D eigenvalue weighted by Crippen LogP contribution is -2.33. The summed E-state index contributed by atoms with van der Waals surface area (Å²) in [7, 11) is 0. The van der Waals surface area contributed by atoms with Gasteiger partial charge in [-0.2, -0.15) is 5.10 Å². The van der Waals surface area contributed by atoms with Crippen molar-refractivity contribution >= 4 is 34.7 Å². The molecule has 0 bridgehead atoms. The van der Waals surface area contributed by atoms with Gasteiger partial charge in [-0.3, -0.25) is 9.59 Å². The lowest BCUT2D eigenvalue weighted by Gasteiger charge is -2.11. The Hall–Kier alpha value is -2.93. The number of benzene rings is 1. The fraction of sp³-hybridized carbons (Fsp3) is 0.333. The molecule has 8 heteroatoms. The number of amides is 2. The summed E-state index contributed by atoms with van der Waals surface area (Å²) in [6.45, 7) is 7.63. The highest BCUT2D eigenvalue weighted by Gasteiger charge is 2.13. The summed E-state index contributed by atoms with van der Waals surface area (Å²) < 4.78 is 1.80. The van der Waals surface area contributed by atoms with Crippen LogP contribution in [0.5, 0.6) is 0 Å². The monoisotopic (exact) mass is 413 g/mol. The maximum absolute atomic E-state index is 12.2. The van der Waals surface area contributed by atoms with E-state index < -0.39 is 0 Å². The van der Waals surface area contributed by atoms with E-state index in [-0.39, 0.29) is 24.8 Å². The van der Waals surface area contributed by atoms with Crippen molar-refractivity contribution in [3.63, 3.8) is 0 Å². The fourth-order valence-electron chi connectivity index (χ4n) is 3.22. The molecule has 2 aromatic heterocycles. The van der Waals surface area contributed by atoms with Crippen LogP contribution in [0.3, 0.4) is 0 Å². The van der Waals surface area contributed by atoms with Crippen LogP contribution in [0.4, 0.5) is 5.69 Å². The van der Waals surface area contributed by atoms with Crippen molar-refractivity contribution in [2.24, 2.45) is 0 Å². The summed E-state index contributed by atoms with van der Waals surface area (Å²) in [6.07, 6.45) is 0.782. The Kier molecular flexibility index (Phi) is 6.17. The van der Waals surface area contributed by atoms with Gasteiger partial charge in [-0.25, -0.2) is 9.50 Å². The van der Waals surface area contributed by atoms with Gasteiger partial charge in [-0.1, -0.05) is 17.7 Å². The number of carbonyl (C=O) groups excluding carboxylic acids is 2. The number of hydrogen-bond donors (Lipinski definition) is 2. The topological polar surface area (TPSA) is 88.4 Å². The molecule has 7 nitrogen and oxygen atoms in total. The third-order valence-corrected chi connectivity index (χ3v) is 5.05. The van der Waals surface area contributed by atoms with E-state index in [0.29, 0.717) is 17.1 Å². The van der Waals surface area contributed by atoms with Gasteiger partial charge < -0.3 is 10.6 Å². The Morgan fingerprint density at radius 3 is 2.59 bits per heavy atom. The van der Waals surface area contributed by atoms with E-state index in [0.717, 1.165) is 33.9 Å². The summed E-state index contributed by atoms with van der Waals surface area (Å²) in [4.78, 5) is 28.9. The van der Waals surface area contributed by atoms with Crippen molar-refractivity contribution in [1.29, 1.82) is 0 Å². The van der Waals surface area contributed by atoms with Gasteiger partial charge in [0.25, 0.3) is 0 Å². The molecule has 2 N–H and O–H groups in total. The maximum atomic E-state index is 12.2. The smallest absolute Gasteiger partial charge is 0.243 e. The van der Waals surface area contributed by atoms with E-state index in [2.05, 4.69) is 20.7 Å². The molecule has 0 saturated heterocycles. The van der Waals surface area contributed by atoms with Crippen molar-refractivity contribution in [3.8, 4) is 0 Å². The van der Waals surface area contributed by atoms with Gasteiger partial charge in [-0.05, 0) is 57.4 Å². The molecule has 0 aliphatic heterocycles. The molecule has 0 radical (unpaired) electrons. The Labute approximate surface area is 174 Å². The zero-order valence-electron chi connectivity index (χ0n) is 17.0. The zero-order chi connectivity index (χ0) is 21.1. The van der Waals surface area contributed by atoms with Gasteiger partial charge in [0.05, 0.1) is 22.9 Å². The van der Waals surface area contributed by atoms with E-state index >= 15 is 0 Å². The highest BCUT2D eigenvalue weighted by molar-refractivity contribution is 6.33. The fourth-order valence-corrected chi connectivity index (χ4v) is 3.51. The summed E-state index contributed by atoms with van der Waals surface area (Å²) in [5.74, 6) is -0.530. The molecule has 0 fully saturated rings. The summed E-state index contributed by atoms with van der Waals surface area (Å²) in [5, 5.41) is 10.3. The quantitative estimate of drug-likeness (QED) is 0.648. The molecule has 0 spiro atoms. The Morgan fingerprint density at radius 1 is 1.10 bits per heavy atom. The van der Waals surface area contributed by atoms with Gasteiger partial charge in [-0.15, -0.1) is 0 Å². The SMILES string of the molecule is Cc1ccc(NC(=O)CNC(=O)CCc2c(C)nc3cc(C)nn3c2C)c(Cl)c1. The lowest BCUT2D eigenvalue weighted by molar-refractivity contribution is -0.124. The highest BCUT2D eigenvalue weighted by Crippen LogP contribution is 2.22. The third kappa shape index (κ3) is 4.92. The normalized spacial score (nSPS) is 10.9. The number of rotatable bonds is 6. The molecular formula is C21H24ClN5O2. The van der Waals surface area contributed by atoms with Gasteiger partial charge in [0.2, 0.25) is 11.8 Å². The first-order valence-corrected chi connectivity index (χ1v) is 9.77. The van der Waals surface area contributed by atoms with Crippen molar-refractivity contribution < 1.29 is 9.59 Å². The molecular weight excluding hydrogens is 390 g/mol. The van der Waals surface area contributed by atoms with E-state index in [1.165, 1.54) is 0 Å². The minimum atomic E-state index is -0.327. The Morgan fingerprint density at radius 2 is 1.86 bits per heavy atom. The number of halogens is 1. The molecule has 29 heavy (non-hydrogen) atoms. The molecule has 2 amide bonds. The van der Waals surface area contributed by atoms with Gasteiger partial charge in [0.1, 0.15) is 0 Å². The van der Waals surface area contributed by atoms with E-state index in [4.69, 9.17) is 11.6 Å². The van der Waals surface area contributed by atoms with Crippen molar-refractivity contribution in [1.82, 2.24) is 19.9 Å². The van der Waals surface area contributed by atoms with Crippen LogP contribution < -0.4 is 10.6 Å². The Bertz CT molecular complexity index is 1090. The van der Waals surface area contributed by atoms with Crippen molar-refractivity contribution in [2.45, 2.75) is 40.5 Å². The number of carbonyl (C=O) groups is 2. The van der Waals surface area contributed by atoms with Crippen LogP contribution in [0, 0.1) is 27.7 Å². The largest absolute Gasteiger partial charge is 0.347 e. The average molecular weight is 414 g/mol. The van der Waals surface area contributed by atoms with Gasteiger partial charge in [0, 0.05) is 23.9 Å². The van der Waals surface area contributed by atoms with Crippen LogP contribution >= 0.6 is 11.6 Å². The second-order valence-corrected chi connectivity index (χ2v) is 7.53. The number of hydrogen-bond acceptors (Lipinski definition) is 4. The van der Waals surface area contributed by atoms with Crippen LogP contribution in [0.25, 0.3) is 5.65 Å². The summed E-state index contributed by atoms with van der Waals surface area (Å²) in [6, 6.07) is 7.29. The first-order valence-electron chi connectivity index (χ1n) is 9.39. The maximum Gasteiger partial charge on any atom is 0.243 e. The van der Waals surface area contributed by atoms with Crippen LogP contribution in [0.15, 0.2) is 24.3 Å². The number of fused-ring (bicyclic) bond motifs is 1. The molecule has 0 saturated carbocycles. The molecule has 3 rings (SSSR count). The minimum absolute atomic E-state index is 0.114. The summed E-state index contributed by atoms with van der Waals surface area (Å²) in [5.41, 5.74) is 6.08. The minimum Gasteiger partial charge on any atom is -0.347 e. The molecule has 0 aliphatic carbocycles. The number of aromatic nitrogens is 3. The first kappa shape index (κ1) is 20.8. The lowest BCUT2D eigenvalue weighted by atomic mass is 10.1. The molecule has 0 atom stereocenters. The van der Waals surface area contributed by atoms with Crippen LogP contribution in [0.1, 0.15) is 34.6 Å². The average Bonchev–Trinajstić information content (AvgIpc) is 3.02. The first-order chi connectivity index (χ1) is 13.7. The Balaban J connectivity index is 1.55. The van der Waals surface area contributed by atoms with E-state index in [1.54, 1.807) is 16.6 Å². The van der Waals surface area contributed by atoms with Crippen molar-refractivity contribution in [3.05, 3.63) is 57.5 Å². The number of nitrogens with zero attached hydrogens (tertiary/aromatic N) is 3. The standard InChI is InChI=1S/C21H24ClN5O2/c1-12-5-7-18(17(22)9-12)25-21(29)11-23-20(28)8-6-16-14(3)24-19-10-13(2)26-27(19)15(16)4/h5,7,9-10H,6,8,11H2,1-4H3,(H,23,28)(H,25,29). The van der Waals surface area contributed by atoms with Gasteiger partial charge >= 0.3 is 0 Å². The highest BCUT2D eigenvalue weighted by atomic mass is 35.5. The number of nitrogens with one attached hydrogen (secondary N) is 2. The van der Waals surface area contributed by atoms with Gasteiger partial charge in [0.15, 0.2) is 5.65 Å². The predicted octanol–water partition coefficient (Wildman–Crippen LogP) is 3.30. The molecule has 2 heterocycles. The second kappa shape index (κ2) is 8.61. The van der Waals surface area contributed by atoms with Crippen LogP contribution in [0.2, 0.25) is 5.02 Å². The molecule has 3 aromatic rings. The number of aryl methyl sites for hydroxylation is 4. The van der Waals surface area contributed by atoms with Crippen LogP contribution in [-0.4, -0.2) is 33.0 Å². The third-order valence-electron chi connectivity index (χ3n) is 4.73.